The third-order valence-electron chi connectivity index (χ3n) is 3.27. The SMILES string of the molecule is COC(=O)C(C)(C)NC(=O)c1ccn(-c2ccc([N+](=O)[O-])cc2)n1. The minimum atomic E-state index is -1.19. The van der Waals surface area contributed by atoms with Crippen molar-refractivity contribution in [2.24, 2.45) is 0 Å². The van der Waals surface area contributed by atoms with Gasteiger partial charge in [0.1, 0.15) is 5.54 Å². The predicted molar refractivity (Wildman–Crippen MR) is 83.8 cm³/mol. The molecule has 1 amide bonds. The summed E-state index contributed by atoms with van der Waals surface area (Å²) in [6, 6.07) is 7.20. The van der Waals surface area contributed by atoms with Crippen LogP contribution in [-0.4, -0.2) is 39.2 Å². The van der Waals surface area contributed by atoms with E-state index in [9.17, 15) is 19.7 Å². The van der Waals surface area contributed by atoms with Crippen molar-refractivity contribution in [3.63, 3.8) is 0 Å². The first-order valence-corrected chi connectivity index (χ1v) is 6.96. The predicted octanol–water partition coefficient (Wildman–Crippen LogP) is 1.46. The highest BCUT2D eigenvalue weighted by Crippen LogP contribution is 2.15. The number of hydrogen-bond acceptors (Lipinski definition) is 6. The van der Waals surface area contributed by atoms with Gasteiger partial charge >= 0.3 is 5.97 Å². The molecular weight excluding hydrogens is 316 g/mol. The van der Waals surface area contributed by atoms with E-state index in [0.29, 0.717) is 5.69 Å². The number of nitro benzene ring substituents is 1. The third-order valence-corrected chi connectivity index (χ3v) is 3.27. The van der Waals surface area contributed by atoms with E-state index in [0.717, 1.165) is 0 Å². The van der Waals surface area contributed by atoms with Crippen LogP contribution in [0.2, 0.25) is 0 Å². The Kier molecular flexibility index (Phi) is 4.63. The van der Waals surface area contributed by atoms with Crippen molar-refractivity contribution in [1.29, 1.82) is 0 Å². The fourth-order valence-corrected chi connectivity index (χ4v) is 1.97. The summed E-state index contributed by atoms with van der Waals surface area (Å²) in [5, 5.41) is 17.3. The smallest absolute Gasteiger partial charge is 0.330 e. The van der Waals surface area contributed by atoms with E-state index in [1.807, 2.05) is 0 Å². The second kappa shape index (κ2) is 6.49. The van der Waals surface area contributed by atoms with Crippen molar-refractivity contribution in [1.82, 2.24) is 15.1 Å². The molecule has 0 bridgehead atoms. The number of amides is 1. The Labute approximate surface area is 137 Å². The molecule has 1 aromatic carbocycles. The van der Waals surface area contributed by atoms with E-state index >= 15 is 0 Å². The number of nitrogens with zero attached hydrogens (tertiary/aromatic N) is 3. The number of carbonyl (C=O) groups excluding carboxylic acids is 2. The lowest BCUT2D eigenvalue weighted by Crippen LogP contribution is -2.50. The molecule has 9 heteroatoms. The molecule has 24 heavy (non-hydrogen) atoms. The number of carbonyl (C=O) groups is 2. The van der Waals surface area contributed by atoms with Gasteiger partial charge in [0, 0.05) is 18.3 Å². The third kappa shape index (κ3) is 3.57. The molecule has 0 unspecified atom stereocenters. The second-order valence-electron chi connectivity index (χ2n) is 5.49. The van der Waals surface area contributed by atoms with Gasteiger partial charge in [0.25, 0.3) is 11.6 Å². The number of ether oxygens (including phenoxy) is 1. The normalized spacial score (nSPS) is 11.0. The largest absolute Gasteiger partial charge is 0.467 e. The maximum Gasteiger partial charge on any atom is 0.330 e. The first kappa shape index (κ1) is 17.1. The van der Waals surface area contributed by atoms with E-state index in [-0.39, 0.29) is 11.4 Å². The van der Waals surface area contributed by atoms with E-state index in [4.69, 9.17) is 0 Å². The number of rotatable bonds is 5. The van der Waals surface area contributed by atoms with Gasteiger partial charge in [0.2, 0.25) is 0 Å². The summed E-state index contributed by atoms with van der Waals surface area (Å²) in [5.41, 5.74) is -0.566. The van der Waals surface area contributed by atoms with Crippen LogP contribution in [0.4, 0.5) is 5.69 Å². The van der Waals surface area contributed by atoms with Gasteiger partial charge in [-0.3, -0.25) is 14.9 Å². The van der Waals surface area contributed by atoms with Gasteiger partial charge in [-0.25, -0.2) is 9.48 Å². The minimum absolute atomic E-state index is 0.0382. The fourth-order valence-electron chi connectivity index (χ4n) is 1.97. The zero-order valence-electron chi connectivity index (χ0n) is 13.3. The summed E-state index contributed by atoms with van der Waals surface area (Å²) in [4.78, 5) is 33.9. The molecule has 2 aromatic rings. The number of esters is 1. The zero-order chi connectivity index (χ0) is 17.9. The van der Waals surface area contributed by atoms with Gasteiger partial charge in [-0.15, -0.1) is 0 Å². The molecule has 0 aliphatic carbocycles. The molecule has 0 saturated carbocycles. The minimum Gasteiger partial charge on any atom is -0.467 e. The maximum atomic E-state index is 12.2. The molecule has 1 heterocycles. The van der Waals surface area contributed by atoms with Crippen LogP contribution >= 0.6 is 0 Å². The Balaban J connectivity index is 2.16. The quantitative estimate of drug-likeness (QED) is 0.503. The molecule has 1 N–H and O–H groups in total. The van der Waals surface area contributed by atoms with Crippen LogP contribution in [0.1, 0.15) is 24.3 Å². The molecule has 0 aliphatic heterocycles. The van der Waals surface area contributed by atoms with Crippen molar-refractivity contribution in [3.05, 3.63) is 52.3 Å². The lowest BCUT2D eigenvalue weighted by molar-refractivity contribution is -0.384. The lowest BCUT2D eigenvalue weighted by atomic mass is 10.1. The van der Waals surface area contributed by atoms with E-state index in [1.54, 1.807) is 6.20 Å². The average molecular weight is 332 g/mol. The molecule has 0 radical (unpaired) electrons. The highest BCUT2D eigenvalue weighted by Gasteiger charge is 2.31. The standard InChI is InChI=1S/C15H16N4O5/c1-15(2,14(21)24-3)16-13(20)12-8-9-18(17-12)10-4-6-11(7-5-10)19(22)23/h4-9H,1-3H3,(H,16,20). The van der Waals surface area contributed by atoms with Crippen molar-refractivity contribution < 1.29 is 19.2 Å². The van der Waals surface area contributed by atoms with Crippen LogP contribution in [0.15, 0.2) is 36.5 Å². The number of methoxy groups -OCH3 is 1. The summed E-state index contributed by atoms with van der Waals surface area (Å²) in [6.07, 6.45) is 1.54. The van der Waals surface area contributed by atoms with Crippen molar-refractivity contribution >= 4 is 17.6 Å². The highest BCUT2D eigenvalue weighted by atomic mass is 16.6. The van der Waals surface area contributed by atoms with Crippen molar-refractivity contribution in [3.8, 4) is 5.69 Å². The van der Waals surface area contributed by atoms with Gasteiger partial charge in [-0.2, -0.15) is 5.10 Å². The Morgan fingerprint density at radius 2 is 1.88 bits per heavy atom. The van der Waals surface area contributed by atoms with Crippen LogP contribution in [-0.2, 0) is 9.53 Å². The Morgan fingerprint density at radius 3 is 2.42 bits per heavy atom. The molecule has 2 rings (SSSR count). The molecule has 0 fully saturated rings. The number of aromatic nitrogens is 2. The van der Waals surface area contributed by atoms with Crippen molar-refractivity contribution in [2.75, 3.05) is 7.11 Å². The van der Waals surface area contributed by atoms with E-state index in [2.05, 4.69) is 15.2 Å². The second-order valence-corrected chi connectivity index (χ2v) is 5.49. The summed E-state index contributed by atoms with van der Waals surface area (Å²) < 4.78 is 6.03. The van der Waals surface area contributed by atoms with Crippen LogP contribution < -0.4 is 5.32 Å². The molecule has 0 saturated heterocycles. The van der Waals surface area contributed by atoms with E-state index < -0.39 is 22.3 Å². The van der Waals surface area contributed by atoms with Gasteiger partial charge in [-0.05, 0) is 32.0 Å². The fraction of sp³-hybridized carbons (Fsp3) is 0.267. The van der Waals surface area contributed by atoms with E-state index in [1.165, 1.54) is 56.0 Å². The van der Waals surface area contributed by atoms with Crippen LogP contribution in [0.25, 0.3) is 5.69 Å². The number of nitro groups is 1. The number of nitrogens with one attached hydrogen (secondary N) is 1. The summed E-state index contributed by atoms with van der Waals surface area (Å²) in [5.74, 6) is -1.11. The molecular formula is C15H16N4O5. The first-order chi connectivity index (χ1) is 11.2. The molecule has 126 valence electrons. The summed E-state index contributed by atoms with van der Waals surface area (Å²) in [6.45, 7) is 3.04. The van der Waals surface area contributed by atoms with Gasteiger partial charge in [0.05, 0.1) is 17.7 Å². The van der Waals surface area contributed by atoms with Crippen LogP contribution in [0.5, 0.6) is 0 Å². The molecule has 0 spiro atoms. The molecule has 0 aliphatic rings. The Hall–Kier alpha value is -3.23. The molecule has 1 aromatic heterocycles. The summed E-state index contributed by atoms with van der Waals surface area (Å²) in [7, 11) is 1.24. The lowest BCUT2D eigenvalue weighted by Gasteiger charge is -2.22. The number of benzene rings is 1. The first-order valence-electron chi connectivity index (χ1n) is 6.96. The topological polar surface area (TPSA) is 116 Å². The maximum absolute atomic E-state index is 12.2. The van der Waals surface area contributed by atoms with Crippen LogP contribution in [0.3, 0.4) is 0 Å². The van der Waals surface area contributed by atoms with Gasteiger partial charge < -0.3 is 10.1 Å². The van der Waals surface area contributed by atoms with Crippen molar-refractivity contribution in [2.45, 2.75) is 19.4 Å². The molecule has 9 nitrogen and oxygen atoms in total. The van der Waals surface area contributed by atoms with Gasteiger partial charge in [0.15, 0.2) is 5.69 Å². The Bertz CT molecular complexity index is 779. The van der Waals surface area contributed by atoms with Gasteiger partial charge in [-0.1, -0.05) is 0 Å². The highest BCUT2D eigenvalue weighted by molar-refractivity contribution is 5.96. The summed E-state index contributed by atoms with van der Waals surface area (Å²) >= 11 is 0. The number of non-ortho nitro benzene ring substituents is 1. The molecule has 0 atom stereocenters. The van der Waals surface area contributed by atoms with Crippen LogP contribution in [0, 0.1) is 10.1 Å². The zero-order valence-corrected chi connectivity index (χ0v) is 13.3. The monoisotopic (exact) mass is 332 g/mol. The average Bonchev–Trinajstić information content (AvgIpc) is 3.03. The number of hydrogen-bond donors (Lipinski definition) is 1. The Morgan fingerprint density at radius 1 is 1.25 bits per heavy atom.